The van der Waals surface area contributed by atoms with Gasteiger partial charge in [0.1, 0.15) is 10.7 Å². The van der Waals surface area contributed by atoms with E-state index in [0.717, 1.165) is 31.9 Å². The van der Waals surface area contributed by atoms with Crippen LogP contribution in [0.1, 0.15) is 25.7 Å². The van der Waals surface area contributed by atoms with Crippen LogP contribution < -0.4 is 15.4 Å². The van der Waals surface area contributed by atoms with Crippen molar-refractivity contribution in [3.63, 3.8) is 0 Å². The first-order valence-electron chi connectivity index (χ1n) is 7.51. The van der Waals surface area contributed by atoms with Gasteiger partial charge in [-0.2, -0.15) is 0 Å². The lowest BCUT2D eigenvalue weighted by atomic mass is 9.90. The number of nitrogens with zero attached hydrogens (tertiary/aromatic N) is 2. The van der Waals surface area contributed by atoms with Gasteiger partial charge in [-0.1, -0.05) is 0 Å². The highest BCUT2D eigenvalue weighted by Gasteiger charge is 2.29. The van der Waals surface area contributed by atoms with Gasteiger partial charge in [0.25, 0.3) is 0 Å². The fourth-order valence-electron chi connectivity index (χ4n) is 3.39. The zero-order chi connectivity index (χ0) is 14.9. The summed E-state index contributed by atoms with van der Waals surface area (Å²) >= 11 is 0. The zero-order valence-electron chi connectivity index (χ0n) is 12.0. The molecule has 0 amide bonds. The van der Waals surface area contributed by atoms with Gasteiger partial charge in [0.15, 0.2) is 0 Å². The lowest BCUT2D eigenvalue weighted by Crippen LogP contribution is -2.43. The van der Waals surface area contributed by atoms with Gasteiger partial charge >= 0.3 is 0 Å². The van der Waals surface area contributed by atoms with Crippen molar-refractivity contribution in [3.05, 3.63) is 18.3 Å². The van der Waals surface area contributed by atoms with Crippen LogP contribution in [0.4, 0.5) is 5.82 Å². The molecule has 0 radical (unpaired) electrons. The standard InChI is InChI=1S/C14H22N4O2S/c15-21(19,20)12-5-6-14(17-9-12)18-8-2-3-11(10-18)13-4-1-7-16-13/h5-6,9,11,13,16H,1-4,7-8,10H2,(H2,15,19,20). The number of aromatic nitrogens is 1. The summed E-state index contributed by atoms with van der Waals surface area (Å²) in [5, 5.41) is 8.68. The van der Waals surface area contributed by atoms with Crippen LogP contribution in [0.15, 0.2) is 23.2 Å². The number of nitrogens with two attached hydrogens (primary N) is 1. The minimum Gasteiger partial charge on any atom is -0.356 e. The van der Waals surface area contributed by atoms with E-state index < -0.39 is 10.0 Å². The largest absolute Gasteiger partial charge is 0.356 e. The van der Waals surface area contributed by atoms with Gasteiger partial charge in [-0.25, -0.2) is 18.5 Å². The maximum Gasteiger partial charge on any atom is 0.239 e. The molecule has 2 fully saturated rings. The molecule has 0 bridgehead atoms. The van der Waals surface area contributed by atoms with Crippen LogP contribution in [-0.4, -0.2) is 39.1 Å². The van der Waals surface area contributed by atoms with E-state index >= 15 is 0 Å². The van der Waals surface area contributed by atoms with Crippen LogP contribution >= 0.6 is 0 Å². The highest BCUT2D eigenvalue weighted by atomic mass is 32.2. The molecule has 2 aliphatic heterocycles. The van der Waals surface area contributed by atoms with Gasteiger partial charge in [0.2, 0.25) is 10.0 Å². The van der Waals surface area contributed by atoms with Crippen LogP contribution in [0.2, 0.25) is 0 Å². The van der Waals surface area contributed by atoms with Crippen LogP contribution in [0.5, 0.6) is 0 Å². The molecule has 0 aromatic carbocycles. The highest BCUT2D eigenvalue weighted by molar-refractivity contribution is 7.89. The van der Waals surface area contributed by atoms with E-state index in [1.807, 2.05) is 0 Å². The van der Waals surface area contributed by atoms with Crippen molar-refractivity contribution < 1.29 is 8.42 Å². The van der Waals surface area contributed by atoms with E-state index in [1.165, 1.54) is 31.5 Å². The fraction of sp³-hybridized carbons (Fsp3) is 0.643. The van der Waals surface area contributed by atoms with Gasteiger partial charge in [-0.3, -0.25) is 0 Å². The molecule has 3 rings (SSSR count). The molecule has 116 valence electrons. The molecule has 1 aromatic heterocycles. The molecule has 6 nitrogen and oxygen atoms in total. The third-order valence-electron chi connectivity index (χ3n) is 4.50. The van der Waals surface area contributed by atoms with E-state index in [9.17, 15) is 8.42 Å². The first-order chi connectivity index (χ1) is 10.0. The molecule has 1 aromatic rings. The normalized spacial score (nSPS) is 27.0. The van der Waals surface area contributed by atoms with Crippen molar-refractivity contribution in [2.45, 2.75) is 36.6 Å². The Bertz CT molecular complexity index is 581. The van der Waals surface area contributed by atoms with Crippen LogP contribution in [0.25, 0.3) is 0 Å². The average Bonchev–Trinajstić information content (AvgIpc) is 3.01. The summed E-state index contributed by atoms with van der Waals surface area (Å²) in [7, 11) is -3.67. The van der Waals surface area contributed by atoms with Crippen molar-refractivity contribution in [1.82, 2.24) is 10.3 Å². The van der Waals surface area contributed by atoms with E-state index in [1.54, 1.807) is 6.07 Å². The second-order valence-corrected chi connectivity index (χ2v) is 7.51. The second kappa shape index (κ2) is 5.90. The summed E-state index contributed by atoms with van der Waals surface area (Å²) in [6.07, 6.45) is 6.28. The first kappa shape index (κ1) is 14.7. The smallest absolute Gasteiger partial charge is 0.239 e. The van der Waals surface area contributed by atoms with Crippen molar-refractivity contribution in [1.29, 1.82) is 0 Å². The summed E-state index contributed by atoms with van der Waals surface area (Å²) in [4.78, 5) is 6.59. The SMILES string of the molecule is NS(=O)(=O)c1ccc(N2CCCC(C3CCCN3)C2)nc1. The Morgan fingerprint density at radius 3 is 2.76 bits per heavy atom. The summed E-state index contributed by atoms with van der Waals surface area (Å²) in [6, 6.07) is 3.91. The first-order valence-corrected chi connectivity index (χ1v) is 9.06. The monoisotopic (exact) mass is 310 g/mol. The molecule has 2 atom stereocenters. The summed E-state index contributed by atoms with van der Waals surface area (Å²) in [5.41, 5.74) is 0. The Balaban J connectivity index is 1.71. The van der Waals surface area contributed by atoms with E-state index in [2.05, 4.69) is 15.2 Å². The van der Waals surface area contributed by atoms with E-state index in [-0.39, 0.29) is 4.90 Å². The molecule has 2 unspecified atom stereocenters. The lowest BCUT2D eigenvalue weighted by molar-refractivity contribution is 0.328. The van der Waals surface area contributed by atoms with Gasteiger partial charge in [-0.15, -0.1) is 0 Å². The minimum absolute atomic E-state index is 0.0669. The van der Waals surface area contributed by atoms with Crippen molar-refractivity contribution in [2.75, 3.05) is 24.5 Å². The van der Waals surface area contributed by atoms with E-state index in [4.69, 9.17) is 5.14 Å². The third kappa shape index (κ3) is 3.36. The Morgan fingerprint density at radius 1 is 1.29 bits per heavy atom. The molecule has 3 N–H and O–H groups in total. The molecular formula is C14H22N4O2S. The number of sulfonamides is 1. The quantitative estimate of drug-likeness (QED) is 0.858. The van der Waals surface area contributed by atoms with Crippen LogP contribution in [0, 0.1) is 5.92 Å². The number of piperidine rings is 1. The fourth-order valence-corrected chi connectivity index (χ4v) is 3.85. The molecule has 0 saturated carbocycles. The maximum atomic E-state index is 11.3. The molecule has 2 aliphatic rings. The summed E-state index contributed by atoms with van der Waals surface area (Å²) in [5.74, 6) is 1.49. The number of rotatable bonds is 3. The van der Waals surface area contributed by atoms with Gasteiger partial charge < -0.3 is 10.2 Å². The van der Waals surface area contributed by atoms with E-state index in [0.29, 0.717) is 12.0 Å². The highest BCUT2D eigenvalue weighted by Crippen LogP contribution is 2.27. The Morgan fingerprint density at radius 2 is 2.14 bits per heavy atom. The third-order valence-corrected chi connectivity index (χ3v) is 5.40. The molecule has 21 heavy (non-hydrogen) atoms. The number of anilines is 1. The number of nitrogens with one attached hydrogen (secondary N) is 1. The number of hydrogen-bond donors (Lipinski definition) is 2. The number of pyridine rings is 1. The molecule has 2 saturated heterocycles. The molecule has 3 heterocycles. The Hall–Kier alpha value is -1.18. The van der Waals surface area contributed by atoms with Crippen molar-refractivity contribution >= 4 is 15.8 Å². The predicted molar refractivity (Wildman–Crippen MR) is 81.6 cm³/mol. The molecule has 0 aliphatic carbocycles. The molecular weight excluding hydrogens is 288 g/mol. The average molecular weight is 310 g/mol. The van der Waals surface area contributed by atoms with Gasteiger partial charge in [0, 0.05) is 25.3 Å². The lowest BCUT2D eigenvalue weighted by Gasteiger charge is -2.36. The minimum atomic E-state index is -3.67. The second-order valence-electron chi connectivity index (χ2n) is 5.95. The Labute approximate surface area is 125 Å². The maximum absolute atomic E-state index is 11.3. The summed E-state index contributed by atoms with van der Waals surface area (Å²) < 4.78 is 22.5. The molecule has 7 heteroatoms. The number of primary sulfonamides is 1. The van der Waals surface area contributed by atoms with Crippen molar-refractivity contribution in [2.24, 2.45) is 11.1 Å². The number of hydrogen-bond acceptors (Lipinski definition) is 5. The van der Waals surface area contributed by atoms with Gasteiger partial charge in [0.05, 0.1) is 0 Å². The van der Waals surface area contributed by atoms with Gasteiger partial charge in [-0.05, 0) is 50.3 Å². The van der Waals surface area contributed by atoms with Crippen LogP contribution in [0.3, 0.4) is 0 Å². The zero-order valence-corrected chi connectivity index (χ0v) is 12.8. The predicted octanol–water partition coefficient (Wildman–Crippen LogP) is 0.697. The summed E-state index contributed by atoms with van der Waals surface area (Å²) in [6.45, 7) is 3.09. The van der Waals surface area contributed by atoms with Crippen LogP contribution in [-0.2, 0) is 10.0 Å². The topological polar surface area (TPSA) is 88.3 Å². The molecule has 0 spiro atoms. The van der Waals surface area contributed by atoms with Crippen molar-refractivity contribution in [3.8, 4) is 0 Å². The Kier molecular flexibility index (Phi) is 4.14.